The highest BCUT2D eigenvalue weighted by Crippen LogP contribution is 2.33. The Labute approximate surface area is 105 Å². The Hall–Kier alpha value is -0.760. The van der Waals surface area contributed by atoms with Crippen molar-refractivity contribution in [2.75, 3.05) is 6.54 Å². The third kappa shape index (κ3) is 3.88. The van der Waals surface area contributed by atoms with Crippen LogP contribution in [0.2, 0.25) is 0 Å². The summed E-state index contributed by atoms with van der Waals surface area (Å²) >= 11 is 0. The molecule has 1 fully saturated rings. The van der Waals surface area contributed by atoms with E-state index < -0.39 is 0 Å². The smallest absolute Gasteiger partial charge is 0.0934 e. The summed E-state index contributed by atoms with van der Waals surface area (Å²) in [5.74, 6) is 1.69. The van der Waals surface area contributed by atoms with Gasteiger partial charge in [-0.05, 0) is 36.4 Å². The van der Waals surface area contributed by atoms with Gasteiger partial charge < -0.3 is 9.73 Å². The first kappa shape index (κ1) is 12.7. The number of rotatable bonds is 6. The van der Waals surface area contributed by atoms with E-state index in [0.717, 1.165) is 18.4 Å². The molecule has 0 aromatic carbocycles. The monoisotopic (exact) mass is 235 g/mol. The third-order valence-corrected chi connectivity index (χ3v) is 3.93. The second kappa shape index (κ2) is 6.25. The average Bonchev–Trinajstić information content (AvgIpc) is 2.96. The molecule has 2 nitrogen and oxygen atoms in total. The standard InChI is InChI=1S/C15H25NO/c1-12(2)16-10-15(14-5-3-4-6-14)9-13-7-8-17-11-13/h7-8,11-12,14-16H,3-6,9-10H2,1-2H3. The number of nitrogens with one attached hydrogen (secondary N) is 1. The van der Waals surface area contributed by atoms with E-state index in [1.165, 1.54) is 37.7 Å². The van der Waals surface area contributed by atoms with Crippen molar-refractivity contribution in [2.45, 2.75) is 52.0 Å². The number of furan rings is 1. The van der Waals surface area contributed by atoms with Crippen molar-refractivity contribution in [3.05, 3.63) is 24.2 Å². The van der Waals surface area contributed by atoms with Crippen LogP contribution in [0.15, 0.2) is 23.0 Å². The van der Waals surface area contributed by atoms with Gasteiger partial charge in [0.2, 0.25) is 0 Å². The van der Waals surface area contributed by atoms with Crippen molar-refractivity contribution in [1.82, 2.24) is 5.32 Å². The highest BCUT2D eigenvalue weighted by atomic mass is 16.3. The van der Waals surface area contributed by atoms with Gasteiger partial charge in [-0.2, -0.15) is 0 Å². The van der Waals surface area contributed by atoms with E-state index >= 15 is 0 Å². The van der Waals surface area contributed by atoms with Crippen molar-refractivity contribution in [2.24, 2.45) is 11.8 Å². The lowest BCUT2D eigenvalue weighted by Crippen LogP contribution is -2.33. The highest BCUT2D eigenvalue weighted by Gasteiger charge is 2.25. The lowest BCUT2D eigenvalue weighted by atomic mass is 9.86. The van der Waals surface area contributed by atoms with E-state index in [0.29, 0.717) is 6.04 Å². The summed E-state index contributed by atoms with van der Waals surface area (Å²) in [6, 6.07) is 2.69. The second-order valence-electron chi connectivity index (χ2n) is 5.70. The van der Waals surface area contributed by atoms with Gasteiger partial charge in [-0.25, -0.2) is 0 Å². The van der Waals surface area contributed by atoms with Crippen LogP contribution in [0.1, 0.15) is 45.1 Å². The summed E-state index contributed by atoms with van der Waals surface area (Å²) in [4.78, 5) is 0. The van der Waals surface area contributed by atoms with Gasteiger partial charge in [0.1, 0.15) is 0 Å². The van der Waals surface area contributed by atoms with Crippen LogP contribution in [-0.4, -0.2) is 12.6 Å². The molecule has 0 spiro atoms. The molecule has 1 saturated carbocycles. The predicted molar refractivity (Wildman–Crippen MR) is 71.0 cm³/mol. The maximum absolute atomic E-state index is 5.18. The molecule has 1 aliphatic rings. The zero-order valence-corrected chi connectivity index (χ0v) is 11.1. The molecule has 0 saturated heterocycles. The van der Waals surface area contributed by atoms with Crippen LogP contribution < -0.4 is 5.32 Å². The molecule has 0 aliphatic heterocycles. The molecule has 1 aromatic heterocycles. The van der Waals surface area contributed by atoms with Gasteiger partial charge in [-0.15, -0.1) is 0 Å². The fraction of sp³-hybridized carbons (Fsp3) is 0.733. The molecule has 2 heteroatoms. The first-order chi connectivity index (χ1) is 8.25. The molecule has 0 bridgehead atoms. The predicted octanol–water partition coefficient (Wildman–Crippen LogP) is 3.63. The summed E-state index contributed by atoms with van der Waals surface area (Å²) in [6.07, 6.45) is 10.5. The minimum Gasteiger partial charge on any atom is -0.472 e. The molecular weight excluding hydrogens is 210 g/mol. The molecule has 17 heavy (non-hydrogen) atoms. The lowest BCUT2D eigenvalue weighted by molar-refractivity contribution is 0.312. The van der Waals surface area contributed by atoms with Crippen molar-refractivity contribution >= 4 is 0 Å². The topological polar surface area (TPSA) is 25.2 Å². The molecule has 1 N–H and O–H groups in total. The normalized spacial score (nSPS) is 19.0. The van der Waals surface area contributed by atoms with E-state index in [9.17, 15) is 0 Å². The maximum atomic E-state index is 5.18. The minimum atomic E-state index is 0.586. The Morgan fingerprint density at radius 1 is 1.35 bits per heavy atom. The van der Waals surface area contributed by atoms with Crippen molar-refractivity contribution in [1.29, 1.82) is 0 Å². The van der Waals surface area contributed by atoms with Gasteiger partial charge in [0, 0.05) is 6.04 Å². The summed E-state index contributed by atoms with van der Waals surface area (Å²) in [5.41, 5.74) is 1.35. The van der Waals surface area contributed by atoms with Crippen molar-refractivity contribution < 1.29 is 4.42 Å². The number of hydrogen-bond donors (Lipinski definition) is 1. The van der Waals surface area contributed by atoms with Gasteiger partial charge in [0.15, 0.2) is 0 Å². The maximum Gasteiger partial charge on any atom is 0.0934 e. The quantitative estimate of drug-likeness (QED) is 0.814. The van der Waals surface area contributed by atoms with Gasteiger partial charge in [0.25, 0.3) is 0 Å². The zero-order chi connectivity index (χ0) is 12.1. The SMILES string of the molecule is CC(C)NCC(Cc1ccoc1)C1CCCC1. The summed E-state index contributed by atoms with van der Waals surface area (Å²) in [6.45, 7) is 5.60. The minimum absolute atomic E-state index is 0.586. The molecule has 96 valence electrons. The van der Waals surface area contributed by atoms with Crippen molar-refractivity contribution in [3.63, 3.8) is 0 Å². The van der Waals surface area contributed by atoms with Crippen LogP contribution in [0.3, 0.4) is 0 Å². The Morgan fingerprint density at radius 3 is 2.71 bits per heavy atom. The van der Waals surface area contributed by atoms with Crippen LogP contribution in [0.5, 0.6) is 0 Å². The van der Waals surface area contributed by atoms with Gasteiger partial charge in [-0.3, -0.25) is 0 Å². The van der Waals surface area contributed by atoms with E-state index in [4.69, 9.17) is 4.42 Å². The third-order valence-electron chi connectivity index (χ3n) is 3.93. The van der Waals surface area contributed by atoms with Crippen LogP contribution in [0.25, 0.3) is 0 Å². The molecule has 1 atom stereocenters. The Bertz CT molecular complexity index is 299. The Morgan fingerprint density at radius 2 is 2.12 bits per heavy atom. The molecular formula is C15H25NO. The molecule has 1 heterocycles. The molecule has 1 aromatic rings. The van der Waals surface area contributed by atoms with Crippen LogP contribution in [0.4, 0.5) is 0 Å². The first-order valence-electron chi connectivity index (χ1n) is 7.00. The fourth-order valence-corrected chi connectivity index (χ4v) is 2.93. The molecule has 0 amide bonds. The van der Waals surface area contributed by atoms with Crippen LogP contribution in [-0.2, 0) is 6.42 Å². The summed E-state index contributed by atoms with van der Waals surface area (Å²) < 4.78 is 5.18. The van der Waals surface area contributed by atoms with E-state index in [-0.39, 0.29) is 0 Å². The fourth-order valence-electron chi connectivity index (χ4n) is 2.93. The summed E-state index contributed by atoms with van der Waals surface area (Å²) in [5, 5.41) is 3.60. The lowest BCUT2D eigenvalue weighted by Gasteiger charge is -2.24. The van der Waals surface area contributed by atoms with Crippen LogP contribution in [0, 0.1) is 11.8 Å². The molecule has 2 rings (SSSR count). The van der Waals surface area contributed by atoms with Crippen molar-refractivity contribution in [3.8, 4) is 0 Å². The van der Waals surface area contributed by atoms with E-state index in [1.54, 1.807) is 6.26 Å². The van der Waals surface area contributed by atoms with Crippen LogP contribution >= 0.6 is 0 Å². The van der Waals surface area contributed by atoms with Gasteiger partial charge in [-0.1, -0.05) is 39.5 Å². The first-order valence-corrected chi connectivity index (χ1v) is 7.00. The largest absolute Gasteiger partial charge is 0.472 e. The van der Waals surface area contributed by atoms with Gasteiger partial charge >= 0.3 is 0 Å². The Kier molecular flexibility index (Phi) is 4.66. The number of hydrogen-bond acceptors (Lipinski definition) is 2. The molecule has 0 radical (unpaired) electrons. The average molecular weight is 235 g/mol. The summed E-state index contributed by atoms with van der Waals surface area (Å²) in [7, 11) is 0. The molecule has 1 aliphatic carbocycles. The van der Waals surface area contributed by atoms with E-state index in [1.807, 2.05) is 6.26 Å². The van der Waals surface area contributed by atoms with E-state index in [2.05, 4.69) is 25.2 Å². The Balaban J connectivity index is 1.91. The second-order valence-corrected chi connectivity index (χ2v) is 5.70. The highest BCUT2D eigenvalue weighted by molar-refractivity contribution is 5.07. The zero-order valence-electron chi connectivity index (χ0n) is 11.1. The van der Waals surface area contributed by atoms with Gasteiger partial charge in [0.05, 0.1) is 12.5 Å². The molecule has 1 unspecified atom stereocenters.